The van der Waals surface area contributed by atoms with Gasteiger partial charge in [-0.05, 0) is 55.2 Å². The van der Waals surface area contributed by atoms with Crippen LogP contribution in [-0.2, 0) is 21.4 Å². The summed E-state index contributed by atoms with van der Waals surface area (Å²) in [5.74, 6) is -1.41. The van der Waals surface area contributed by atoms with Crippen LogP contribution in [0.3, 0.4) is 0 Å². The molecule has 3 aromatic rings. The van der Waals surface area contributed by atoms with E-state index in [2.05, 4.69) is 18.3 Å². The van der Waals surface area contributed by atoms with E-state index in [9.17, 15) is 14.4 Å². The third-order valence-corrected chi connectivity index (χ3v) is 8.26. The van der Waals surface area contributed by atoms with Gasteiger partial charge in [0.15, 0.2) is 11.6 Å². The van der Waals surface area contributed by atoms with Crippen LogP contribution in [0, 0.1) is 12.8 Å². The van der Waals surface area contributed by atoms with Crippen LogP contribution in [0.15, 0.2) is 72.8 Å². The zero-order valence-corrected chi connectivity index (χ0v) is 21.3. The Kier molecular flexibility index (Phi) is 5.41. The molecule has 37 heavy (non-hydrogen) atoms. The van der Waals surface area contributed by atoms with E-state index in [0.29, 0.717) is 11.3 Å². The van der Waals surface area contributed by atoms with Crippen molar-refractivity contribution in [3.05, 3.63) is 101 Å². The van der Waals surface area contributed by atoms with Crippen molar-refractivity contribution in [3.63, 3.8) is 0 Å². The van der Waals surface area contributed by atoms with Gasteiger partial charge in [0.05, 0.1) is 18.0 Å². The lowest BCUT2D eigenvalue weighted by Crippen LogP contribution is -2.51. The number of Topliss-reactive ketones (excluding diaryl/α,β-unsaturated/α-hetero) is 2. The van der Waals surface area contributed by atoms with Gasteiger partial charge in [0, 0.05) is 16.9 Å². The molecule has 0 aliphatic carbocycles. The van der Waals surface area contributed by atoms with Crippen LogP contribution in [-0.4, -0.2) is 29.6 Å². The predicted octanol–water partition coefficient (Wildman–Crippen LogP) is 5.51. The first-order chi connectivity index (χ1) is 17.9. The van der Waals surface area contributed by atoms with Crippen LogP contribution in [0.5, 0.6) is 0 Å². The smallest absolute Gasteiger partial charge is 0.238 e. The van der Waals surface area contributed by atoms with Crippen molar-refractivity contribution in [3.8, 4) is 0 Å². The van der Waals surface area contributed by atoms with Crippen LogP contribution in [0.4, 0.5) is 11.4 Å². The van der Waals surface area contributed by atoms with Crippen molar-refractivity contribution >= 4 is 34.9 Å². The SMILES string of the molecule is CCCc1ccc(C(=O)[C@@H]2[C@H](C(C)=O)N3c4ccc(C)cc4C=C[C@H]3[C@@]23C(=O)Nc2ccccc23)cc1. The summed E-state index contributed by atoms with van der Waals surface area (Å²) < 4.78 is 0. The molecule has 3 aliphatic heterocycles. The molecule has 5 heteroatoms. The van der Waals surface area contributed by atoms with E-state index in [4.69, 9.17) is 0 Å². The second-order valence-electron chi connectivity index (χ2n) is 10.5. The van der Waals surface area contributed by atoms with Gasteiger partial charge in [-0.15, -0.1) is 0 Å². The number of nitrogens with one attached hydrogen (secondary N) is 1. The molecule has 3 aliphatic rings. The summed E-state index contributed by atoms with van der Waals surface area (Å²) >= 11 is 0. The highest BCUT2D eigenvalue weighted by atomic mass is 16.2. The average Bonchev–Trinajstić information content (AvgIpc) is 3.37. The fourth-order valence-corrected chi connectivity index (χ4v) is 6.76. The third-order valence-electron chi connectivity index (χ3n) is 8.26. The summed E-state index contributed by atoms with van der Waals surface area (Å²) in [6.45, 7) is 5.69. The molecule has 1 saturated heterocycles. The van der Waals surface area contributed by atoms with Crippen LogP contribution in [0.1, 0.15) is 52.9 Å². The minimum atomic E-state index is -1.23. The molecule has 1 spiro atoms. The average molecular weight is 491 g/mol. The molecular weight excluding hydrogens is 460 g/mol. The Labute approximate surface area is 217 Å². The maximum atomic E-state index is 14.5. The van der Waals surface area contributed by atoms with Gasteiger partial charge in [0.25, 0.3) is 0 Å². The van der Waals surface area contributed by atoms with Crippen LogP contribution >= 0.6 is 0 Å². The first kappa shape index (κ1) is 23.4. The first-order valence-corrected chi connectivity index (χ1v) is 13.0. The normalized spacial score (nSPS) is 25.0. The number of amides is 1. The largest absolute Gasteiger partial charge is 0.352 e. The Hall–Kier alpha value is -3.99. The fourth-order valence-electron chi connectivity index (χ4n) is 6.76. The molecule has 0 radical (unpaired) electrons. The van der Waals surface area contributed by atoms with E-state index in [1.807, 2.05) is 84.6 Å². The highest BCUT2D eigenvalue weighted by Gasteiger charge is 2.69. The topological polar surface area (TPSA) is 66.5 Å². The minimum absolute atomic E-state index is 0.123. The number of nitrogens with zero attached hydrogens (tertiary/aromatic N) is 1. The second kappa shape index (κ2) is 8.55. The molecule has 186 valence electrons. The molecule has 5 nitrogen and oxygen atoms in total. The van der Waals surface area contributed by atoms with Crippen molar-refractivity contribution < 1.29 is 14.4 Å². The number of ketones is 2. The first-order valence-electron chi connectivity index (χ1n) is 13.0. The minimum Gasteiger partial charge on any atom is -0.352 e. The molecule has 0 aromatic heterocycles. The molecule has 0 bridgehead atoms. The molecule has 1 amide bonds. The number of carbonyl (C=O) groups is 3. The van der Waals surface area contributed by atoms with Crippen molar-refractivity contribution in [1.29, 1.82) is 0 Å². The molecule has 4 atom stereocenters. The molecule has 3 aromatic carbocycles. The van der Waals surface area contributed by atoms with Crippen molar-refractivity contribution in [2.24, 2.45) is 5.92 Å². The summed E-state index contributed by atoms with van der Waals surface area (Å²) in [5, 5.41) is 3.05. The summed E-state index contributed by atoms with van der Waals surface area (Å²) in [4.78, 5) is 44.1. The highest BCUT2D eigenvalue weighted by molar-refractivity contribution is 6.16. The predicted molar refractivity (Wildman–Crippen MR) is 146 cm³/mol. The van der Waals surface area contributed by atoms with Gasteiger partial charge in [0.2, 0.25) is 5.91 Å². The number of aryl methyl sites for hydroxylation is 2. The molecule has 1 N–H and O–H groups in total. The number of rotatable bonds is 5. The molecule has 0 saturated carbocycles. The molecular formula is C32H30N2O3. The number of hydrogen-bond acceptors (Lipinski definition) is 4. The Morgan fingerprint density at radius 3 is 2.51 bits per heavy atom. The van der Waals surface area contributed by atoms with E-state index >= 15 is 0 Å². The van der Waals surface area contributed by atoms with Gasteiger partial charge < -0.3 is 10.2 Å². The lowest BCUT2D eigenvalue weighted by atomic mass is 9.64. The van der Waals surface area contributed by atoms with Crippen LogP contribution < -0.4 is 10.2 Å². The fraction of sp³-hybridized carbons (Fsp3) is 0.281. The van der Waals surface area contributed by atoms with Gasteiger partial charge in [0.1, 0.15) is 5.41 Å². The molecule has 6 rings (SSSR count). The Balaban J connectivity index is 1.60. The number of anilines is 2. The van der Waals surface area contributed by atoms with E-state index < -0.39 is 23.4 Å². The van der Waals surface area contributed by atoms with Gasteiger partial charge in [-0.2, -0.15) is 0 Å². The van der Waals surface area contributed by atoms with E-state index in [0.717, 1.165) is 40.8 Å². The van der Waals surface area contributed by atoms with Gasteiger partial charge >= 0.3 is 0 Å². The Morgan fingerprint density at radius 2 is 1.78 bits per heavy atom. The lowest BCUT2D eigenvalue weighted by molar-refractivity contribution is -0.122. The number of carbonyl (C=O) groups excluding carboxylic acids is 3. The summed E-state index contributed by atoms with van der Waals surface area (Å²) in [6, 6.07) is 20.1. The Morgan fingerprint density at radius 1 is 1.03 bits per heavy atom. The Bertz CT molecular complexity index is 1470. The maximum Gasteiger partial charge on any atom is 0.238 e. The summed E-state index contributed by atoms with van der Waals surface area (Å²) in [7, 11) is 0. The van der Waals surface area contributed by atoms with Gasteiger partial charge in [-0.3, -0.25) is 14.4 Å². The van der Waals surface area contributed by atoms with Crippen molar-refractivity contribution in [1.82, 2.24) is 0 Å². The number of para-hydroxylation sites is 1. The standard InChI is InChI=1S/C32H30N2O3/c1-4-7-21-11-13-22(14-12-21)30(36)28-29(20(3)35)34-26-16-10-19(2)18-23(26)15-17-27(34)32(28)24-8-5-6-9-25(24)33-31(32)37/h5-6,8-18,27-29H,4,7H2,1-3H3,(H,33,37)/t27-,28-,29-,32+/m0/s1. The second-order valence-corrected chi connectivity index (χ2v) is 10.5. The van der Waals surface area contributed by atoms with Crippen molar-refractivity contribution in [2.45, 2.75) is 51.1 Å². The van der Waals surface area contributed by atoms with Crippen LogP contribution in [0.25, 0.3) is 6.08 Å². The van der Waals surface area contributed by atoms with Gasteiger partial charge in [-0.1, -0.05) is 79.6 Å². The monoisotopic (exact) mass is 490 g/mol. The van der Waals surface area contributed by atoms with Gasteiger partial charge in [-0.25, -0.2) is 0 Å². The summed E-state index contributed by atoms with van der Waals surface area (Å²) in [6.07, 6.45) is 5.99. The van der Waals surface area contributed by atoms with E-state index in [1.54, 1.807) is 0 Å². The molecule has 3 heterocycles. The molecule has 1 fully saturated rings. The number of benzene rings is 3. The molecule has 0 unspecified atom stereocenters. The third kappa shape index (κ3) is 3.26. The quantitative estimate of drug-likeness (QED) is 0.479. The van der Waals surface area contributed by atoms with Crippen LogP contribution in [0.2, 0.25) is 0 Å². The zero-order chi connectivity index (χ0) is 25.9. The van der Waals surface area contributed by atoms with E-state index in [-0.39, 0.29) is 17.5 Å². The maximum absolute atomic E-state index is 14.5. The number of hydrogen-bond donors (Lipinski definition) is 1. The summed E-state index contributed by atoms with van der Waals surface area (Å²) in [5.41, 5.74) is 4.92. The zero-order valence-electron chi connectivity index (χ0n) is 21.3. The highest BCUT2D eigenvalue weighted by Crippen LogP contribution is 2.57. The van der Waals surface area contributed by atoms with E-state index in [1.165, 1.54) is 6.92 Å². The van der Waals surface area contributed by atoms with Crippen molar-refractivity contribution in [2.75, 3.05) is 10.2 Å². The lowest BCUT2D eigenvalue weighted by Gasteiger charge is -2.37. The number of fused-ring (bicyclic) bond motifs is 6.